The van der Waals surface area contributed by atoms with E-state index in [9.17, 15) is 19.0 Å². The molecule has 0 bridgehead atoms. The van der Waals surface area contributed by atoms with Crippen molar-refractivity contribution in [2.75, 3.05) is 40.9 Å². The minimum atomic E-state index is -4.70. The van der Waals surface area contributed by atoms with E-state index in [-0.39, 0.29) is 31.5 Å². The second-order valence-corrected chi connectivity index (χ2v) is 24.7. The molecule has 75 heavy (non-hydrogen) atoms. The Morgan fingerprint density at radius 2 is 0.773 bits per heavy atom. The number of quaternary nitrogens is 1. The molecule has 1 N–H and O–H groups in total. The van der Waals surface area contributed by atoms with Gasteiger partial charge in [0.2, 0.25) is 5.91 Å². The van der Waals surface area contributed by atoms with Crippen LogP contribution < -0.4 is 10.2 Å². The van der Waals surface area contributed by atoms with E-state index < -0.39 is 20.0 Å². The summed E-state index contributed by atoms with van der Waals surface area (Å²) in [6.07, 6.45) is 66.8. The molecule has 0 rings (SSSR count). The lowest BCUT2D eigenvalue weighted by Gasteiger charge is -2.30. The van der Waals surface area contributed by atoms with Gasteiger partial charge < -0.3 is 28.5 Å². The highest BCUT2D eigenvalue weighted by Crippen LogP contribution is 2.38. The van der Waals surface area contributed by atoms with Gasteiger partial charge in [0.1, 0.15) is 19.3 Å². The lowest BCUT2D eigenvalue weighted by molar-refractivity contribution is -0.870. The first kappa shape index (κ1) is 73.2. The molecule has 3 unspecified atom stereocenters. The Labute approximate surface area is 466 Å². The van der Waals surface area contributed by atoms with Gasteiger partial charge in [-0.15, -0.1) is 0 Å². The summed E-state index contributed by atoms with van der Waals surface area (Å²) in [5.41, 5.74) is 0. The number of carbonyl (C=O) groups is 2. The number of unbranched alkanes of at least 4 members (excludes halogenated alkanes) is 39. The first-order valence-corrected chi connectivity index (χ1v) is 33.8. The van der Waals surface area contributed by atoms with Gasteiger partial charge in [-0.2, -0.15) is 0 Å². The van der Waals surface area contributed by atoms with Crippen LogP contribution in [0, 0.1) is 0 Å². The zero-order valence-corrected chi connectivity index (χ0v) is 51.4. The number of allylic oxidation sites excluding steroid dienone is 5. The summed E-state index contributed by atoms with van der Waals surface area (Å²) in [4.78, 5) is 40.0. The number of carbonyl (C=O) groups excluding carboxylic acids is 2. The molecule has 10 heteroatoms. The highest BCUT2D eigenvalue weighted by atomic mass is 31.2. The quantitative estimate of drug-likeness (QED) is 0.0212. The molecule has 0 aliphatic carbocycles. The number of phosphoric acid groups is 1. The molecule has 0 aromatic heterocycles. The molecule has 3 atom stereocenters. The molecule has 0 aromatic carbocycles. The van der Waals surface area contributed by atoms with Crippen molar-refractivity contribution in [1.82, 2.24) is 5.32 Å². The SMILES string of the molecule is CCCCCC/C=C\CCCCCCCCCC(=O)OC(/C=C\CCCCCCCCCCCCC)C(COP(=O)([O-])OCC[N+](C)(C)C)NC(=O)CCCCCCCCCCCCC/C=C/CCCCCCCC. The highest BCUT2D eigenvalue weighted by molar-refractivity contribution is 7.45. The molecule has 0 aromatic rings. The van der Waals surface area contributed by atoms with E-state index in [1.807, 2.05) is 33.3 Å². The molecule has 0 aliphatic heterocycles. The van der Waals surface area contributed by atoms with Crippen LogP contribution in [-0.2, 0) is 27.9 Å². The Morgan fingerprint density at radius 3 is 1.15 bits per heavy atom. The minimum absolute atomic E-state index is 0.0212. The van der Waals surface area contributed by atoms with E-state index >= 15 is 0 Å². The van der Waals surface area contributed by atoms with Gasteiger partial charge in [-0.1, -0.05) is 257 Å². The fraction of sp³-hybridized carbons (Fsp3) is 0.877. The van der Waals surface area contributed by atoms with Crippen LogP contribution in [0.1, 0.15) is 316 Å². The molecule has 0 fully saturated rings. The summed E-state index contributed by atoms with van der Waals surface area (Å²) in [5, 5.41) is 3.04. The summed E-state index contributed by atoms with van der Waals surface area (Å²) in [5.74, 6) is -0.534. The van der Waals surface area contributed by atoms with E-state index in [1.165, 1.54) is 212 Å². The van der Waals surface area contributed by atoms with Crippen molar-refractivity contribution < 1.29 is 37.3 Å². The fourth-order valence-corrected chi connectivity index (χ4v) is 10.2. The van der Waals surface area contributed by atoms with E-state index in [0.717, 1.165) is 70.6 Å². The van der Waals surface area contributed by atoms with E-state index in [4.69, 9.17) is 13.8 Å². The Balaban J connectivity index is 5.20. The van der Waals surface area contributed by atoms with Gasteiger partial charge in [0, 0.05) is 12.8 Å². The van der Waals surface area contributed by atoms with Gasteiger partial charge in [-0.3, -0.25) is 14.2 Å². The predicted octanol–water partition coefficient (Wildman–Crippen LogP) is 19.3. The maximum Gasteiger partial charge on any atom is 0.306 e. The number of hydrogen-bond acceptors (Lipinski definition) is 7. The number of ether oxygens (including phenoxy) is 1. The van der Waals surface area contributed by atoms with Crippen LogP contribution in [0.2, 0.25) is 0 Å². The molecule has 442 valence electrons. The molecule has 0 radical (unpaired) electrons. The number of hydrogen-bond donors (Lipinski definition) is 1. The Bertz CT molecular complexity index is 1380. The van der Waals surface area contributed by atoms with Crippen LogP contribution in [0.5, 0.6) is 0 Å². The van der Waals surface area contributed by atoms with Gasteiger partial charge in [-0.25, -0.2) is 0 Å². The average molecular weight is 1080 g/mol. The standard InChI is InChI=1S/C65H125N2O7P/c1-7-10-13-16-19-22-25-28-30-31-32-33-34-35-37-39-42-45-48-51-54-57-64(68)66-62(61-73-75(70,71)72-60-59-67(4,5)6)63(56-53-50-47-44-41-38-27-24-21-18-15-12-9-3)74-65(69)58-55-52-49-46-43-40-36-29-26-23-20-17-14-11-8-2/h23,26,28,30,53,56,62-63H,7-22,24-25,27,29,31-52,54-55,57-61H2,1-6H3,(H-,66,68,70,71)/b26-23-,30-28+,56-53-. The minimum Gasteiger partial charge on any atom is -0.756 e. The van der Waals surface area contributed by atoms with Gasteiger partial charge in [0.25, 0.3) is 7.82 Å². The van der Waals surface area contributed by atoms with Crippen molar-refractivity contribution in [1.29, 1.82) is 0 Å². The Hall–Kier alpha value is -1.77. The van der Waals surface area contributed by atoms with Crippen molar-refractivity contribution in [3.05, 3.63) is 36.5 Å². The smallest absolute Gasteiger partial charge is 0.306 e. The zero-order valence-electron chi connectivity index (χ0n) is 50.5. The third kappa shape index (κ3) is 56.8. The second kappa shape index (κ2) is 55.5. The molecular formula is C65H125N2O7P. The number of amides is 1. The van der Waals surface area contributed by atoms with Gasteiger partial charge in [-0.05, 0) is 83.1 Å². The van der Waals surface area contributed by atoms with Crippen LogP contribution in [0.4, 0.5) is 0 Å². The number of nitrogens with one attached hydrogen (secondary N) is 1. The summed E-state index contributed by atoms with van der Waals surface area (Å²) < 4.78 is 30.4. The normalized spacial score (nSPS) is 13.9. The monoisotopic (exact) mass is 1080 g/mol. The highest BCUT2D eigenvalue weighted by Gasteiger charge is 2.27. The van der Waals surface area contributed by atoms with E-state index in [1.54, 1.807) is 0 Å². The third-order valence-electron chi connectivity index (χ3n) is 14.5. The molecule has 0 spiro atoms. The van der Waals surface area contributed by atoms with Gasteiger partial charge in [0.05, 0.1) is 33.8 Å². The number of phosphoric ester groups is 1. The maximum atomic E-state index is 13.6. The van der Waals surface area contributed by atoms with Crippen LogP contribution in [0.25, 0.3) is 0 Å². The fourth-order valence-electron chi connectivity index (χ4n) is 9.51. The molecule has 0 saturated heterocycles. The van der Waals surface area contributed by atoms with E-state index in [0.29, 0.717) is 17.4 Å². The van der Waals surface area contributed by atoms with Crippen molar-refractivity contribution in [3.63, 3.8) is 0 Å². The molecule has 1 amide bonds. The van der Waals surface area contributed by atoms with Gasteiger partial charge in [0.15, 0.2) is 0 Å². The van der Waals surface area contributed by atoms with Crippen LogP contribution >= 0.6 is 7.82 Å². The molecule has 0 heterocycles. The van der Waals surface area contributed by atoms with Crippen LogP contribution in [0.15, 0.2) is 36.5 Å². The average Bonchev–Trinajstić information content (AvgIpc) is 3.37. The molecular weight excluding hydrogens is 952 g/mol. The van der Waals surface area contributed by atoms with E-state index in [2.05, 4.69) is 50.4 Å². The first-order valence-electron chi connectivity index (χ1n) is 32.3. The van der Waals surface area contributed by atoms with Gasteiger partial charge >= 0.3 is 5.97 Å². The Morgan fingerprint density at radius 1 is 0.453 bits per heavy atom. The number of rotatable bonds is 59. The van der Waals surface area contributed by atoms with Crippen molar-refractivity contribution >= 4 is 19.7 Å². The largest absolute Gasteiger partial charge is 0.756 e. The maximum absolute atomic E-state index is 13.6. The van der Waals surface area contributed by atoms with Crippen LogP contribution in [0.3, 0.4) is 0 Å². The lowest BCUT2D eigenvalue weighted by atomic mass is 10.0. The van der Waals surface area contributed by atoms with Crippen molar-refractivity contribution in [2.24, 2.45) is 0 Å². The van der Waals surface area contributed by atoms with Crippen molar-refractivity contribution in [2.45, 2.75) is 328 Å². The summed E-state index contributed by atoms with van der Waals surface area (Å²) in [6, 6.07) is -0.887. The topological polar surface area (TPSA) is 114 Å². The zero-order chi connectivity index (χ0) is 55.0. The predicted molar refractivity (Wildman–Crippen MR) is 321 cm³/mol. The number of nitrogens with zero attached hydrogens (tertiary/aromatic N) is 1. The lowest BCUT2D eigenvalue weighted by Crippen LogP contribution is -2.47. The summed E-state index contributed by atoms with van der Waals surface area (Å²) in [7, 11) is 1.19. The summed E-state index contributed by atoms with van der Waals surface area (Å²) >= 11 is 0. The molecule has 9 nitrogen and oxygen atoms in total. The number of likely N-dealkylation sites (N-methyl/N-ethyl adjacent to an activating group) is 1. The molecule has 0 aliphatic rings. The first-order chi connectivity index (χ1) is 36.4. The molecule has 0 saturated carbocycles. The second-order valence-electron chi connectivity index (χ2n) is 23.3. The van der Waals surface area contributed by atoms with Crippen LogP contribution in [-0.4, -0.2) is 69.4 Å². The Kier molecular flexibility index (Phi) is 54.2. The van der Waals surface area contributed by atoms with Crippen molar-refractivity contribution in [3.8, 4) is 0 Å². The summed E-state index contributed by atoms with van der Waals surface area (Å²) in [6.45, 7) is 6.86. The third-order valence-corrected chi connectivity index (χ3v) is 15.5. The number of esters is 1.